The fraction of sp³-hybridized carbons (Fsp3) is 0.235. The summed E-state index contributed by atoms with van der Waals surface area (Å²) in [6.45, 7) is 4.03. The van der Waals surface area contributed by atoms with Crippen LogP contribution in [0.3, 0.4) is 0 Å². The molecule has 0 saturated heterocycles. The van der Waals surface area contributed by atoms with Gasteiger partial charge in [-0.2, -0.15) is 0 Å². The standard InChI is InChI=1S/C17H19BrN2O/c1-12(14-7-4-3-5-8-14)19-13(2)17(21)20-16-10-6-9-15(18)11-16/h3-13,19H,1-2H3,(H,20,21)/p+1/t12-,13+/m0/s1. The van der Waals surface area contributed by atoms with Crippen molar-refractivity contribution in [1.82, 2.24) is 0 Å². The number of nitrogens with one attached hydrogen (secondary N) is 1. The summed E-state index contributed by atoms with van der Waals surface area (Å²) in [7, 11) is 0. The van der Waals surface area contributed by atoms with Gasteiger partial charge in [-0.3, -0.25) is 4.79 Å². The summed E-state index contributed by atoms with van der Waals surface area (Å²) in [5.74, 6) is 0.0101. The molecule has 2 aromatic rings. The molecule has 0 saturated carbocycles. The molecule has 2 rings (SSSR count). The third-order valence-corrected chi connectivity index (χ3v) is 3.90. The lowest BCUT2D eigenvalue weighted by atomic mass is 10.1. The number of amides is 1. The minimum absolute atomic E-state index is 0.0101. The first-order valence-corrected chi connectivity index (χ1v) is 7.82. The number of nitrogens with two attached hydrogens (primary N) is 1. The fourth-order valence-corrected chi connectivity index (χ4v) is 2.61. The monoisotopic (exact) mass is 347 g/mol. The van der Waals surface area contributed by atoms with Gasteiger partial charge >= 0.3 is 0 Å². The van der Waals surface area contributed by atoms with Crippen molar-refractivity contribution in [2.24, 2.45) is 0 Å². The maximum absolute atomic E-state index is 12.2. The Balaban J connectivity index is 1.93. The van der Waals surface area contributed by atoms with E-state index in [9.17, 15) is 4.79 Å². The molecule has 0 unspecified atom stereocenters. The van der Waals surface area contributed by atoms with E-state index in [2.05, 4.69) is 45.6 Å². The molecule has 2 atom stereocenters. The molecule has 1 amide bonds. The molecule has 0 bridgehead atoms. The van der Waals surface area contributed by atoms with Crippen LogP contribution in [0.1, 0.15) is 25.5 Å². The number of carbonyl (C=O) groups excluding carboxylic acids is 1. The SMILES string of the molecule is C[C@H]([NH2+][C@H](C)C(=O)Nc1cccc(Br)c1)c1ccccc1. The van der Waals surface area contributed by atoms with Crippen molar-refractivity contribution < 1.29 is 10.1 Å². The van der Waals surface area contributed by atoms with E-state index in [0.29, 0.717) is 0 Å². The van der Waals surface area contributed by atoms with Crippen LogP contribution < -0.4 is 10.6 Å². The van der Waals surface area contributed by atoms with Gasteiger partial charge in [0.2, 0.25) is 0 Å². The number of hydrogen-bond acceptors (Lipinski definition) is 1. The predicted octanol–water partition coefficient (Wildman–Crippen LogP) is 3.10. The molecule has 0 aliphatic heterocycles. The van der Waals surface area contributed by atoms with Gasteiger partial charge in [-0.1, -0.05) is 52.3 Å². The van der Waals surface area contributed by atoms with Crippen LogP contribution in [0.25, 0.3) is 0 Å². The normalized spacial score (nSPS) is 13.5. The van der Waals surface area contributed by atoms with E-state index in [1.807, 2.05) is 49.4 Å². The summed E-state index contributed by atoms with van der Waals surface area (Å²) in [4.78, 5) is 12.2. The van der Waals surface area contributed by atoms with Crippen LogP contribution in [-0.2, 0) is 4.79 Å². The Morgan fingerprint density at radius 3 is 2.48 bits per heavy atom. The van der Waals surface area contributed by atoms with Crippen LogP contribution in [0.5, 0.6) is 0 Å². The number of benzene rings is 2. The summed E-state index contributed by atoms with van der Waals surface area (Å²) >= 11 is 3.40. The Morgan fingerprint density at radius 1 is 1.10 bits per heavy atom. The van der Waals surface area contributed by atoms with Gasteiger partial charge in [-0.15, -0.1) is 0 Å². The quantitative estimate of drug-likeness (QED) is 0.857. The summed E-state index contributed by atoms with van der Waals surface area (Å²) in [6, 6.07) is 17.9. The Hall–Kier alpha value is -1.65. The highest BCUT2D eigenvalue weighted by Gasteiger charge is 2.20. The molecule has 0 aliphatic carbocycles. The second-order valence-corrected chi connectivity index (χ2v) is 6.10. The molecule has 110 valence electrons. The molecule has 0 heterocycles. The molecule has 3 N–H and O–H groups in total. The average Bonchev–Trinajstić information content (AvgIpc) is 2.48. The Kier molecular flexibility index (Phi) is 5.53. The smallest absolute Gasteiger partial charge is 0.282 e. The second-order valence-electron chi connectivity index (χ2n) is 5.18. The molecule has 0 fully saturated rings. The minimum atomic E-state index is -0.154. The van der Waals surface area contributed by atoms with Crippen LogP contribution in [0.4, 0.5) is 5.69 Å². The van der Waals surface area contributed by atoms with E-state index >= 15 is 0 Å². The van der Waals surface area contributed by atoms with E-state index in [-0.39, 0.29) is 18.0 Å². The molecule has 0 aliphatic rings. The zero-order valence-corrected chi connectivity index (χ0v) is 13.8. The minimum Gasteiger partial charge on any atom is -0.330 e. The molecule has 0 aromatic heterocycles. The van der Waals surface area contributed by atoms with E-state index in [1.165, 1.54) is 5.56 Å². The van der Waals surface area contributed by atoms with Crippen molar-refractivity contribution in [3.63, 3.8) is 0 Å². The molecule has 0 radical (unpaired) electrons. The highest BCUT2D eigenvalue weighted by atomic mass is 79.9. The number of hydrogen-bond donors (Lipinski definition) is 2. The van der Waals surface area contributed by atoms with Gasteiger partial charge in [0.05, 0.1) is 0 Å². The lowest BCUT2D eigenvalue weighted by Crippen LogP contribution is -2.91. The number of quaternary nitrogens is 1. The van der Waals surface area contributed by atoms with E-state index in [4.69, 9.17) is 0 Å². The average molecular weight is 348 g/mol. The molecule has 0 spiro atoms. The number of carbonyl (C=O) groups is 1. The first kappa shape index (κ1) is 15.7. The first-order valence-electron chi connectivity index (χ1n) is 7.02. The Bertz CT molecular complexity index is 601. The van der Waals surface area contributed by atoms with Crippen LogP contribution in [0.2, 0.25) is 0 Å². The molecule has 2 aromatic carbocycles. The lowest BCUT2D eigenvalue weighted by molar-refractivity contribution is -0.709. The highest BCUT2D eigenvalue weighted by Crippen LogP contribution is 2.15. The van der Waals surface area contributed by atoms with Crippen molar-refractivity contribution in [1.29, 1.82) is 0 Å². The summed E-state index contributed by atoms with van der Waals surface area (Å²) in [5.41, 5.74) is 2.03. The first-order chi connectivity index (χ1) is 10.1. The van der Waals surface area contributed by atoms with Gasteiger partial charge in [-0.05, 0) is 32.0 Å². The van der Waals surface area contributed by atoms with Gasteiger partial charge in [0.25, 0.3) is 5.91 Å². The molecule has 21 heavy (non-hydrogen) atoms. The van der Waals surface area contributed by atoms with Gasteiger partial charge < -0.3 is 10.6 Å². The number of rotatable bonds is 5. The van der Waals surface area contributed by atoms with Gasteiger partial charge in [0.15, 0.2) is 6.04 Å². The van der Waals surface area contributed by atoms with Gasteiger partial charge in [0.1, 0.15) is 6.04 Å². The third kappa shape index (κ3) is 4.69. The molecule has 3 nitrogen and oxygen atoms in total. The van der Waals surface area contributed by atoms with E-state index < -0.39 is 0 Å². The third-order valence-electron chi connectivity index (χ3n) is 3.41. The zero-order valence-electron chi connectivity index (χ0n) is 12.2. The highest BCUT2D eigenvalue weighted by molar-refractivity contribution is 9.10. The predicted molar refractivity (Wildman–Crippen MR) is 89.0 cm³/mol. The van der Waals surface area contributed by atoms with Crippen LogP contribution in [-0.4, -0.2) is 11.9 Å². The van der Waals surface area contributed by atoms with Crippen molar-refractivity contribution in [3.05, 3.63) is 64.6 Å². The maximum atomic E-state index is 12.2. The lowest BCUT2D eigenvalue weighted by Gasteiger charge is -2.17. The molecule has 4 heteroatoms. The zero-order chi connectivity index (χ0) is 15.2. The van der Waals surface area contributed by atoms with Crippen LogP contribution >= 0.6 is 15.9 Å². The maximum Gasteiger partial charge on any atom is 0.282 e. The van der Waals surface area contributed by atoms with E-state index in [0.717, 1.165) is 10.2 Å². The van der Waals surface area contributed by atoms with Crippen LogP contribution in [0.15, 0.2) is 59.1 Å². The summed E-state index contributed by atoms with van der Waals surface area (Å²) in [6.07, 6.45) is 0. The van der Waals surface area contributed by atoms with E-state index in [1.54, 1.807) is 0 Å². The topological polar surface area (TPSA) is 45.7 Å². The summed E-state index contributed by atoms with van der Waals surface area (Å²) in [5, 5.41) is 5.01. The number of halogens is 1. The molecular formula is C17H20BrN2O+. The van der Waals surface area contributed by atoms with Gasteiger partial charge in [0, 0.05) is 15.7 Å². The van der Waals surface area contributed by atoms with Crippen molar-refractivity contribution in [3.8, 4) is 0 Å². The Morgan fingerprint density at radius 2 is 1.81 bits per heavy atom. The van der Waals surface area contributed by atoms with Crippen molar-refractivity contribution in [2.45, 2.75) is 25.9 Å². The fourth-order valence-electron chi connectivity index (χ4n) is 2.21. The largest absolute Gasteiger partial charge is 0.330 e. The molecular weight excluding hydrogens is 328 g/mol. The van der Waals surface area contributed by atoms with Crippen molar-refractivity contribution in [2.75, 3.05) is 5.32 Å². The second kappa shape index (κ2) is 7.38. The van der Waals surface area contributed by atoms with Crippen molar-refractivity contribution >= 4 is 27.5 Å². The van der Waals surface area contributed by atoms with Gasteiger partial charge in [-0.25, -0.2) is 0 Å². The summed E-state index contributed by atoms with van der Waals surface area (Å²) < 4.78 is 0.953. The Labute approximate surface area is 133 Å². The van der Waals surface area contributed by atoms with Crippen LogP contribution in [0, 0.1) is 0 Å². The number of anilines is 1.